The van der Waals surface area contributed by atoms with Crippen molar-refractivity contribution < 1.29 is 9.59 Å². The van der Waals surface area contributed by atoms with Crippen molar-refractivity contribution in [3.8, 4) is 0 Å². The summed E-state index contributed by atoms with van der Waals surface area (Å²) in [7, 11) is 6.27. The van der Waals surface area contributed by atoms with E-state index >= 15 is 0 Å². The van der Waals surface area contributed by atoms with E-state index in [0.717, 1.165) is 11.4 Å². The van der Waals surface area contributed by atoms with E-state index in [0.29, 0.717) is 21.3 Å². The first-order chi connectivity index (χ1) is 13.7. The maximum atomic E-state index is 13.3. The second-order valence-electron chi connectivity index (χ2n) is 8.06. The van der Waals surface area contributed by atoms with Crippen molar-refractivity contribution in [2.75, 3.05) is 37.9 Å². The number of anilines is 4. The van der Waals surface area contributed by atoms with E-state index in [1.807, 2.05) is 24.3 Å². The molecule has 29 heavy (non-hydrogen) atoms. The number of ketones is 2. The fraction of sp³-hybridized carbons (Fsp3) is 0.130. The van der Waals surface area contributed by atoms with Crippen LogP contribution < -0.4 is 21.3 Å². The van der Waals surface area contributed by atoms with Gasteiger partial charge in [-0.1, -0.05) is 12.1 Å². The molecule has 0 heterocycles. The third kappa shape index (κ3) is 3.03. The van der Waals surface area contributed by atoms with Gasteiger partial charge < -0.3 is 16.8 Å². The van der Waals surface area contributed by atoms with E-state index < -0.39 is 0 Å². The number of carbonyl (C=O) groups excluding carboxylic acids is 2. The number of nitrogens with two attached hydrogens (primary N) is 2. The minimum absolute atomic E-state index is 0.178. The molecule has 0 saturated carbocycles. The molecule has 0 bridgehead atoms. The maximum absolute atomic E-state index is 13.3. The predicted octanol–water partition coefficient (Wildman–Crippen LogP) is 3.57. The summed E-state index contributed by atoms with van der Waals surface area (Å²) in [6.07, 6.45) is 0. The van der Waals surface area contributed by atoms with E-state index in [-0.39, 0.29) is 34.1 Å². The average Bonchev–Trinajstić information content (AvgIpc) is 2.67. The van der Waals surface area contributed by atoms with Gasteiger partial charge in [-0.15, -0.1) is 0 Å². The van der Waals surface area contributed by atoms with E-state index in [2.05, 4.69) is 26.5 Å². The molecule has 146 valence electrons. The first-order valence-electron chi connectivity index (χ1n) is 9.28. The molecule has 3 aromatic rings. The highest BCUT2D eigenvalue weighted by Gasteiger charge is 2.34. The fourth-order valence-electron chi connectivity index (χ4n) is 3.62. The SMILES string of the molecule is C[N+](C)(C)c1ccc(Nc2cccc3c2C(=O)c2c(N)ccc(N)c2C3=O)cc1. The molecule has 4 rings (SSSR count). The van der Waals surface area contributed by atoms with Crippen LogP contribution in [0.3, 0.4) is 0 Å². The molecule has 0 fully saturated rings. The van der Waals surface area contributed by atoms with Crippen molar-refractivity contribution >= 4 is 40.0 Å². The summed E-state index contributed by atoms with van der Waals surface area (Å²) in [6, 6.07) is 16.3. The van der Waals surface area contributed by atoms with Crippen LogP contribution in [0.15, 0.2) is 54.6 Å². The van der Waals surface area contributed by atoms with Crippen molar-refractivity contribution in [2.45, 2.75) is 0 Å². The average molecular weight is 387 g/mol. The van der Waals surface area contributed by atoms with Gasteiger partial charge in [0.05, 0.1) is 43.5 Å². The van der Waals surface area contributed by atoms with Gasteiger partial charge in [0, 0.05) is 34.8 Å². The van der Waals surface area contributed by atoms with Gasteiger partial charge in [0.2, 0.25) is 0 Å². The summed E-state index contributed by atoms with van der Waals surface area (Å²) in [5.74, 6) is -0.589. The molecule has 0 spiro atoms. The van der Waals surface area contributed by atoms with E-state index in [4.69, 9.17) is 11.5 Å². The summed E-state index contributed by atoms with van der Waals surface area (Å²) >= 11 is 0. The molecule has 5 N–H and O–H groups in total. The zero-order valence-electron chi connectivity index (χ0n) is 16.6. The second kappa shape index (κ2) is 6.46. The lowest BCUT2D eigenvalue weighted by Crippen LogP contribution is -2.34. The molecule has 0 amide bonds. The van der Waals surface area contributed by atoms with Crippen molar-refractivity contribution in [3.63, 3.8) is 0 Å². The third-order valence-corrected chi connectivity index (χ3v) is 5.18. The highest BCUT2D eigenvalue weighted by atomic mass is 16.1. The molecule has 0 saturated heterocycles. The van der Waals surface area contributed by atoms with Gasteiger partial charge in [-0.2, -0.15) is 0 Å². The number of fused-ring (bicyclic) bond motifs is 2. The van der Waals surface area contributed by atoms with Crippen LogP contribution in [0.4, 0.5) is 28.4 Å². The largest absolute Gasteiger partial charge is 0.398 e. The lowest BCUT2D eigenvalue weighted by molar-refractivity contribution is 0.0981. The van der Waals surface area contributed by atoms with Gasteiger partial charge >= 0.3 is 0 Å². The molecular weight excluding hydrogens is 364 g/mol. The molecule has 0 aromatic heterocycles. The molecule has 6 nitrogen and oxygen atoms in total. The number of nitrogen functional groups attached to an aromatic ring is 2. The van der Waals surface area contributed by atoms with Gasteiger partial charge in [-0.25, -0.2) is 0 Å². The van der Waals surface area contributed by atoms with E-state index in [1.54, 1.807) is 30.3 Å². The first-order valence-corrected chi connectivity index (χ1v) is 9.28. The van der Waals surface area contributed by atoms with Crippen LogP contribution in [-0.2, 0) is 0 Å². The fourth-order valence-corrected chi connectivity index (χ4v) is 3.62. The monoisotopic (exact) mass is 387 g/mol. The number of nitrogens with zero attached hydrogens (tertiary/aromatic N) is 1. The van der Waals surface area contributed by atoms with Crippen LogP contribution >= 0.6 is 0 Å². The highest BCUT2D eigenvalue weighted by Crippen LogP contribution is 2.38. The van der Waals surface area contributed by atoms with Gasteiger partial charge in [-0.3, -0.25) is 14.1 Å². The lowest BCUT2D eigenvalue weighted by Gasteiger charge is -2.24. The Morgan fingerprint density at radius 1 is 0.724 bits per heavy atom. The number of rotatable bonds is 3. The number of nitrogens with one attached hydrogen (secondary N) is 1. The van der Waals surface area contributed by atoms with Crippen LogP contribution in [-0.4, -0.2) is 32.7 Å². The smallest absolute Gasteiger partial charge is 0.198 e. The Balaban J connectivity index is 1.79. The summed E-state index contributed by atoms with van der Waals surface area (Å²) in [5.41, 5.74) is 16.1. The molecule has 0 aliphatic heterocycles. The van der Waals surface area contributed by atoms with Gasteiger partial charge in [0.1, 0.15) is 5.69 Å². The normalized spacial score (nSPS) is 13.1. The molecule has 1 aliphatic carbocycles. The van der Waals surface area contributed by atoms with Crippen molar-refractivity contribution in [2.24, 2.45) is 0 Å². The third-order valence-electron chi connectivity index (χ3n) is 5.18. The molecule has 6 heteroatoms. The Morgan fingerprint density at radius 3 is 1.90 bits per heavy atom. The van der Waals surface area contributed by atoms with Crippen LogP contribution in [0, 0.1) is 0 Å². The Labute approximate surface area is 169 Å². The Kier molecular flexibility index (Phi) is 4.17. The number of carbonyl (C=O) groups is 2. The van der Waals surface area contributed by atoms with Crippen LogP contribution in [0.2, 0.25) is 0 Å². The summed E-state index contributed by atoms with van der Waals surface area (Å²) in [6.45, 7) is 0. The maximum Gasteiger partial charge on any atom is 0.198 e. The van der Waals surface area contributed by atoms with E-state index in [1.165, 1.54) is 0 Å². The highest BCUT2D eigenvalue weighted by molar-refractivity contribution is 6.33. The first kappa shape index (κ1) is 18.7. The number of benzene rings is 3. The second-order valence-corrected chi connectivity index (χ2v) is 8.06. The van der Waals surface area contributed by atoms with Crippen molar-refractivity contribution in [3.05, 3.63) is 76.9 Å². The van der Waals surface area contributed by atoms with Gasteiger partial charge in [0.15, 0.2) is 11.6 Å². The summed E-state index contributed by atoms with van der Waals surface area (Å²) in [5, 5.41) is 3.27. The Morgan fingerprint density at radius 2 is 1.31 bits per heavy atom. The summed E-state index contributed by atoms with van der Waals surface area (Å²) < 4.78 is 0.700. The molecule has 3 aromatic carbocycles. The topological polar surface area (TPSA) is 98.2 Å². The predicted molar refractivity (Wildman–Crippen MR) is 118 cm³/mol. The minimum atomic E-state index is -0.300. The molecule has 0 unspecified atom stereocenters. The number of hydrogen-bond donors (Lipinski definition) is 3. The van der Waals surface area contributed by atoms with Crippen LogP contribution in [0.5, 0.6) is 0 Å². The Hall–Kier alpha value is -3.64. The zero-order valence-corrected chi connectivity index (χ0v) is 16.6. The quantitative estimate of drug-likeness (QED) is 0.369. The van der Waals surface area contributed by atoms with Crippen LogP contribution in [0.1, 0.15) is 31.8 Å². The lowest BCUT2D eigenvalue weighted by atomic mass is 9.81. The summed E-state index contributed by atoms with van der Waals surface area (Å²) in [4.78, 5) is 26.4. The molecular formula is C23H23N4O2+. The van der Waals surface area contributed by atoms with Crippen molar-refractivity contribution in [1.29, 1.82) is 0 Å². The molecule has 1 aliphatic rings. The number of hydrogen-bond acceptors (Lipinski definition) is 5. The molecule has 0 radical (unpaired) electrons. The van der Waals surface area contributed by atoms with Gasteiger partial charge in [-0.05, 0) is 30.3 Å². The van der Waals surface area contributed by atoms with E-state index in [9.17, 15) is 9.59 Å². The zero-order chi connectivity index (χ0) is 20.9. The van der Waals surface area contributed by atoms with Gasteiger partial charge in [0.25, 0.3) is 0 Å². The number of quaternary nitrogens is 1. The minimum Gasteiger partial charge on any atom is -0.398 e. The Bertz CT molecular complexity index is 1160. The van der Waals surface area contributed by atoms with Crippen molar-refractivity contribution in [1.82, 2.24) is 4.48 Å². The molecule has 0 atom stereocenters. The standard InChI is InChI=1S/C23H22N4O2/c1-27(2,3)14-9-7-13(8-10-14)26-18-6-4-5-15-19(18)23(29)21-17(25)12-11-16(24)20(21)22(15)28/h4-12H,1-3H3,(H4-,24,25,26,28,29)/p+1. The van der Waals surface area contributed by atoms with Crippen LogP contribution in [0.25, 0.3) is 0 Å².